The number of carbonyl (C=O) groups is 2. The molecule has 0 saturated heterocycles. The van der Waals surface area contributed by atoms with Crippen LogP contribution in [0.25, 0.3) is 10.9 Å². The first-order valence-corrected chi connectivity index (χ1v) is 8.25. The molecule has 0 amide bonds. The third-order valence-electron chi connectivity index (χ3n) is 3.99. The number of para-hydroxylation sites is 1. The Labute approximate surface area is 150 Å². The largest absolute Gasteiger partial charge is 0.449 e. The molecule has 6 nitrogen and oxygen atoms in total. The van der Waals surface area contributed by atoms with E-state index in [0.717, 1.165) is 16.5 Å². The number of carbonyl (C=O) groups excluding carboxylic acids is 2. The molecular formula is C20H17N3O3. The highest BCUT2D eigenvalue weighted by atomic mass is 16.5. The molecular weight excluding hydrogens is 330 g/mol. The predicted octanol–water partition coefficient (Wildman–Crippen LogP) is 3.27. The van der Waals surface area contributed by atoms with Gasteiger partial charge in [0.15, 0.2) is 0 Å². The molecule has 1 aromatic carbocycles. The molecule has 0 radical (unpaired) electrons. The summed E-state index contributed by atoms with van der Waals surface area (Å²) in [5, 5.41) is 9.63. The molecule has 26 heavy (non-hydrogen) atoms. The summed E-state index contributed by atoms with van der Waals surface area (Å²) in [6.07, 6.45) is 3.17. The van der Waals surface area contributed by atoms with Crippen molar-refractivity contribution in [2.24, 2.45) is 0 Å². The second kappa shape index (κ2) is 7.62. The van der Waals surface area contributed by atoms with Crippen LogP contribution < -0.4 is 0 Å². The summed E-state index contributed by atoms with van der Waals surface area (Å²) in [7, 11) is 0. The molecule has 3 rings (SSSR count). The Balaban J connectivity index is 1.82. The minimum atomic E-state index is -0.460. The first kappa shape index (κ1) is 17.4. The molecule has 3 aromatic rings. The predicted molar refractivity (Wildman–Crippen MR) is 95.7 cm³/mol. The summed E-state index contributed by atoms with van der Waals surface area (Å²) in [4.78, 5) is 28.6. The lowest BCUT2D eigenvalue weighted by Gasteiger charge is -2.03. The number of rotatable bonds is 5. The van der Waals surface area contributed by atoms with Crippen molar-refractivity contribution >= 4 is 22.8 Å². The van der Waals surface area contributed by atoms with Gasteiger partial charge in [-0.05, 0) is 30.2 Å². The summed E-state index contributed by atoms with van der Waals surface area (Å²) in [5.41, 5.74) is 2.57. The van der Waals surface area contributed by atoms with Crippen molar-refractivity contribution in [3.8, 4) is 6.07 Å². The van der Waals surface area contributed by atoms with E-state index in [1.807, 2.05) is 30.3 Å². The molecule has 130 valence electrons. The van der Waals surface area contributed by atoms with Crippen molar-refractivity contribution in [1.29, 1.82) is 5.26 Å². The molecule has 0 spiro atoms. The number of ketones is 1. The maximum Gasteiger partial charge on any atom is 0.418 e. The average Bonchev–Trinajstić information content (AvgIpc) is 3.01. The lowest BCUT2D eigenvalue weighted by Crippen LogP contribution is -2.12. The van der Waals surface area contributed by atoms with Crippen LogP contribution in [0.5, 0.6) is 0 Å². The van der Waals surface area contributed by atoms with Gasteiger partial charge in [0.05, 0.1) is 12.1 Å². The fourth-order valence-corrected chi connectivity index (χ4v) is 2.83. The van der Waals surface area contributed by atoms with Crippen molar-refractivity contribution in [3.63, 3.8) is 0 Å². The number of nitrogens with zero attached hydrogens (tertiary/aromatic N) is 3. The van der Waals surface area contributed by atoms with Crippen molar-refractivity contribution in [2.75, 3.05) is 6.61 Å². The highest BCUT2D eigenvalue weighted by molar-refractivity contribution is 5.95. The summed E-state index contributed by atoms with van der Waals surface area (Å²) >= 11 is 0. The van der Waals surface area contributed by atoms with E-state index >= 15 is 0 Å². The van der Waals surface area contributed by atoms with Crippen LogP contribution in [0.1, 0.15) is 23.7 Å². The van der Waals surface area contributed by atoms with Gasteiger partial charge in [-0.25, -0.2) is 9.78 Å². The summed E-state index contributed by atoms with van der Waals surface area (Å²) in [5.74, 6) is 0.00303. The number of nitriles is 1. The van der Waals surface area contributed by atoms with Gasteiger partial charge >= 0.3 is 6.09 Å². The van der Waals surface area contributed by atoms with Crippen LogP contribution in [0.3, 0.4) is 0 Å². The van der Waals surface area contributed by atoms with Gasteiger partial charge < -0.3 is 4.74 Å². The van der Waals surface area contributed by atoms with E-state index in [9.17, 15) is 9.59 Å². The quantitative estimate of drug-likeness (QED) is 0.707. The molecule has 0 bridgehead atoms. The average molecular weight is 347 g/mol. The highest BCUT2D eigenvalue weighted by Gasteiger charge is 2.16. The maximum atomic E-state index is 12.5. The minimum absolute atomic E-state index is 0.00303. The number of hydrogen-bond donors (Lipinski definition) is 0. The Morgan fingerprint density at radius 2 is 2.00 bits per heavy atom. The fourth-order valence-electron chi connectivity index (χ4n) is 2.83. The van der Waals surface area contributed by atoms with Crippen LogP contribution in [-0.2, 0) is 22.4 Å². The fraction of sp³-hybridized carbons (Fsp3) is 0.200. The molecule has 2 aromatic heterocycles. The topological polar surface area (TPSA) is 85.0 Å². The van der Waals surface area contributed by atoms with E-state index in [4.69, 9.17) is 10.00 Å². The lowest BCUT2D eigenvalue weighted by molar-refractivity contribution is -0.117. The molecule has 6 heteroatoms. The molecule has 0 aliphatic carbocycles. The van der Waals surface area contributed by atoms with Crippen LogP contribution in [-0.4, -0.2) is 28.0 Å². The van der Waals surface area contributed by atoms with Gasteiger partial charge in [-0.1, -0.05) is 24.3 Å². The van der Waals surface area contributed by atoms with Crippen molar-refractivity contribution in [2.45, 2.75) is 19.8 Å². The van der Waals surface area contributed by atoms with Crippen LogP contribution in [0.4, 0.5) is 4.79 Å². The van der Waals surface area contributed by atoms with Gasteiger partial charge in [0, 0.05) is 30.6 Å². The minimum Gasteiger partial charge on any atom is -0.449 e. The van der Waals surface area contributed by atoms with Gasteiger partial charge in [0.25, 0.3) is 0 Å². The highest BCUT2D eigenvalue weighted by Crippen LogP contribution is 2.22. The first-order chi connectivity index (χ1) is 12.6. The third kappa shape index (κ3) is 3.62. The van der Waals surface area contributed by atoms with E-state index < -0.39 is 6.09 Å². The monoisotopic (exact) mass is 347 g/mol. The molecule has 0 aliphatic heterocycles. The van der Waals surface area contributed by atoms with E-state index in [0.29, 0.717) is 11.2 Å². The zero-order chi connectivity index (χ0) is 18.5. The van der Waals surface area contributed by atoms with Crippen LogP contribution in [0.2, 0.25) is 0 Å². The van der Waals surface area contributed by atoms with Gasteiger partial charge in [0.1, 0.15) is 17.5 Å². The maximum absolute atomic E-state index is 12.5. The van der Waals surface area contributed by atoms with E-state index in [-0.39, 0.29) is 25.2 Å². The second-order valence-corrected chi connectivity index (χ2v) is 5.80. The number of pyridine rings is 1. The molecule has 2 heterocycles. The number of ether oxygens (including phenoxy) is 1. The zero-order valence-corrected chi connectivity index (χ0v) is 14.3. The zero-order valence-electron chi connectivity index (χ0n) is 14.3. The molecule has 0 unspecified atom stereocenters. The van der Waals surface area contributed by atoms with Crippen molar-refractivity contribution in [3.05, 3.63) is 65.6 Å². The van der Waals surface area contributed by atoms with Crippen LogP contribution in [0.15, 0.2) is 48.8 Å². The molecule has 0 fully saturated rings. The SMILES string of the molecule is CCOC(=O)n1cc(CC(=O)Cc2ccc(C#N)nc2)c2ccccc21. The lowest BCUT2D eigenvalue weighted by atomic mass is 10.0. The Kier molecular flexibility index (Phi) is 5.09. The van der Waals surface area contributed by atoms with Crippen molar-refractivity contribution < 1.29 is 14.3 Å². The summed E-state index contributed by atoms with van der Waals surface area (Å²) in [6.45, 7) is 2.03. The Morgan fingerprint density at radius 3 is 2.69 bits per heavy atom. The van der Waals surface area contributed by atoms with Gasteiger partial charge in [0.2, 0.25) is 0 Å². The van der Waals surface area contributed by atoms with E-state index in [1.165, 1.54) is 4.57 Å². The number of aromatic nitrogens is 2. The van der Waals surface area contributed by atoms with Gasteiger partial charge in [-0.2, -0.15) is 5.26 Å². The smallest absolute Gasteiger partial charge is 0.418 e. The van der Waals surface area contributed by atoms with Crippen LogP contribution >= 0.6 is 0 Å². The van der Waals surface area contributed by atoms with E-state index in [1.54, 1.807) is 31.5 Å². The molecule has 0 saturated carbocycles. The number of Topliss-reactive ketones (excluding diaryl/α,β-unsaturated/α-hetero) is 1. The first-order valence-electron chi connectivity index (χ1n) is 8.25. The molecule has 0 atom stereocenters. The van der Waals surface area contributed by atoms with Gasteiger partial charge in [-0.3, -0.25) is 9.36 Å². The van der Waals surface area contributed by atoms with Gasteiger partial charge in [-0.15, -0.1) is 0 Å². The summed E-state index contributed by atoms with van der Waals surface area (Å²) < 4.78 is 6.51. The Morgan fingerprint density at radius 1 is 1.19 bits per heavy atom. The summed E-state index contributed by atoms with van der Waals surface area (Å²) in [6, 6.07) is 12.7. The molecule has 0 N–H and O–H groups in total. The number of hydrogen-bond acceptors (Lipinski definition) is 5. The molecule has 0 aliphatic rings. The third-order valence-corrected chi connectivity index (χ3v) is 3.99. The Hall–Kier alpha value is -3.46. The van der Waals surface area contributed by atoms with E-state index in [2.05, 4.69) is 4.98 Å². The van der Waals surface area contributed by atoms with Crippen LogP contribution in [0, 0.1) is 11.3 Å². The second-order valence-electron chi connectivity index (χ2n) is 5.80. The van der Waals surface area contributed by atoms with Crippen molar-refractivity contribution in [1.82, 2.24) is 9.55 Å². The Bertz CT molecular complexity index is 997. The number of fused-ring (bicyclic) bond motifs is 1. The standard InChI is InChI=1S/C20H17N3O3/c1-2-26-20(25)23-13-15(18-5-3-4-6-19(18)23)10-17(24)9-14-7-8-16(11-21)22-12-14/h3-8,12-13H,2,9-10H2,1H3. The number of benzene rings is 1. The normalized spacial score (nSPS) is 10.5.